The Labute approximate surface area is 257 Å². The molecule has 1 aliphatic heterocycles. The first-order valence-electron chi connectivity index (χ1n) is 14.1. The molecule has 1 saturated heterocycles. The molecule has 0 aliphatic carbocycles. The Balaban J connectivity index is 1.63. The van der Waals surface area contributed by atoms with E-state index in [1.165, 1.54) is 34.8 Å². The van der Waals surface area contributed by atoms with Gasteiger partial charge in [-0.15, -0.1) is 0 Å². The average Bonchev–Trinajstić information content (AvgIpc) is 3.60. The number of benzene rings is 2. The second kappa shape index (κ2) is 13.1. The third-order valence-electron chi connectivity index (χ3n) is 6.79. The number of likely N-dealkylation sites (N-methyl/N-ethyl adjacent to an activating group) is 1. The van der Waals surface area contributed by atoms with Gasteiger partial charge in [-0.1, -0.05) is 36.4 Å². The molecule has 1 fully saturated rings. The fourth-order valence-corrected chi connectivity index (χ4v) is 4.87. The molecule has 2 amide bonds. The molecule has 0 spiro atoms. The monoisotopic (exact) mass is 617 g/mol. The topological polar surface area (TPSA) is 167 Å². The highest BCUT2D eigenvalue weighted by atomic mass is 16.7. The molecule has 4 aromatic rings. The number of imidazole rings is 1. The SMILES string of the molecule is CCOC(=O)[C@H]1C[C@@](C(=O)OCC)(n2cnc3c(OC(=O)N(c4ccccc4)c4ccccc4)nc(NC(C)=O)nc32)ON1C. The van der Waals surface area contributed by atoms with Crippen LogP contribution in [0, 0.1) is 0 Å². The summed E-state index contributed by atoms with van der Waals surface area (Å²) in [4.78, 5) is 72.5. The number of para-hydroxylation sites is 2. The summed E-state index contributed by atoms with van der Waals surface area (Å²) < 4.78 is 17.6. The number of carbonyl (C=O) groups excluding carboxylic acids is 4. The van der Waals surface area contributed by atoms with Gasteiger partial charge in [0.1, 0.15) is 12.4 Å². The molecule has 1 N–H and O–H groups in total. The van der Waals surface area contributed by atoms with Gasteiger partial charge in [-0.2, -0.15) is 15.0 Å². The Hall–Kier alpha value is -5.41. The van der Waals surface area contributed by atoms with Gasteiger partial charge in [0, 0.05) is 20.4 Å². The average molecular weight is 618 g/mol. The summed E-state index contributed by atoms with van der Waals surface area (Å²) >= 11 is 0. The molecule has 3 heterocycles. The van der Waals surface area contributed by atoms with Crippen molar-refractivity contribution < 1.29 is 38.2 Å². The summed E-state index contributed by atoms with van der Waals surface area (Å²) in [5, 5.41) is 3.69. The molecule has 15 nitrogen and oxygen atoms in total. The van der Waals surface area contributed by atoms with Gasteiger partial charge in [0.25, 0.3) is 11.6 Å². The van der Waals surface area contributed by atoms with Crippen molar-refractivity contribution in [1.29, 1.82) is 0 Å². The minimum absolute atomic E-state index is 0.00809. The number of fused-ring (bicyclic) bond motifs is 1. The van der Waals surface area contributed by atoms with Crippen LogP contribution < -0.4 is 15.0 Å². The molecule has 0 unspecified atom stereocenters. The van der Waals surface area contributed by atoms with Crippen LogP contribution in [0.25, 0.3) is 11.2 Å². The van der Waals surface area contributed by atoms with Crippen molar-refractivity contribution in [2.45, 2.75) is 39.0 Å². The van der Waals surface area contributed by atoms with E-state index < -0.39 is 35.7 Å². The van der Waals surface area contributed by atoms with Gasteiger partial charge >= 0.3 is 18.0 Å². The van der Waals surface area contributed by atoms with Crippen molar-refractivity contribution in [3.05, 3.63) is 67.0 Å². The van der Waals surface area contributed by atoms with Crippen LogP contribution in [0.2, 0.25) is 0 Å². The van der Waals surface area contributed by atoms with Crippen molar-refractivity contribution in [3.8, 4) is 5.88 Å². The molecule has 1 aliphatic rings. The molecule has 5 rings (SSSR count). The van der Waals surface area contributed by atoms with Crippen LogP contribution in [0.5, 0.6) is 5.88 Å². The molecular formula is C30H31N7O8. The molecule has 2 atom stereocenters. The van der Waals surface area contributed by atoms with E-state index in [-0.39, 0.29) is 42.6 Å². The molecule has 0 bridgehead atoms. The predicted octanol–water partition coefficient (Wildman–Crippen LogP) is 3.54. The quantitative estimate of drug-likeness (QED) is 0.272. The molecule has 0 saturated carbocycles. The van der Waals surface area contributed by atoms with E-state index >= 15 is 0 Å². The first kappa shape index (κ1) is 31.0. The number of esters is 2. The summed E-state index contributed by atoms with van der Waals surface area (Å²) in [6.45, 7) is 4.67. The first-order chi connectivity index (χ1) is 21.7. The maximum atomic E-state index is 13.8. The molecule has 234 valence electrons. The number of nitrogens with one attached hydrogen (secondary N) is 1. The van der Waals surface area contributed by atoms with Gasteiger partial charge in [-0.05, 0) is 38.1 Å². The lowest BCUT2D eigenvalue weighted by Gasteiger charge is -2.27. The Morgan fingerprint density at radius 3 is 2.18 bits per heavy atom. The van der Waals surface area contributed by atoms with Crippen LogP contribution in [-0.2, 0) is 34.4 Å². The zero-order valence-corrected chi connectivity index (χ0v) is 25.0. The normalized spacial score (nSPS) is 17.9. The fraction of sp³-hybridized carbons (Fsp3) is 0.300. The van der Waals surface area contributed by atoms with Gasteiger partial charge in [-0.25, -0.2) is 19.5 Å². The van der Waals surface area contributed by atoms with Crippen LogP contribution >= 0.6 is 0 Å². The molecule has 45 heavy (non-hydrogen) atoms. The van der Waals surface area contributed by atoms with Crippen molar-refractivity contribution in [2.75, 3.05) is 30.5 Å². The third-order valence-corrected chi connectivity index (χ3v) is 6.79. The van der Waals surface area contributed by atoms with E-state index in [1.54, 1.807) is 62.4 Å². The lowest BCUT2D eigenvalue weighted by Crippen LogP contribution is -2.43. The number of hydroxylamine groups is 2. The van der Waals surface area contributed by atoms with Gasteiger partial charge in [0.05, 0.1) is 24.6 Å². The van der Waals surface area contributed by atoms with Gasteiger partial charge in [-0.3, -0.25) is 24.3 Å². The van der Waals surface area contributed by atoms with E-state index in [1.807, 2.05) is 12.1 Å². The Bertz CT molecular complexity index is 1680. The predicted molar refractivity (Wildman–Crippen MR) is 159 cm³/mol. The van der Waals surface area contributed by atoms with Crippen LogP contribution in [0.15, 0.2) is 67.0 Å². The lowest BCUT2D eigenvalue weighted by molar-refractivity contribution is -0.236. The number of hydrogen-bond donors (Lipinski definition) is 1. The van der Waals surface area contributed by atoms with Crippen LogP contribution in [0.4, 0.5) is 22.1 Å². The molecule has 2 aromatic heterocycles. The van der Waals surface area contributed by atoms with Crippen molar-refractivity contribution in [1.82, 2.24) is 24.6 Å². The number of ether oxygens (including phenoxy) is 3. The van der Waals surface area contributed by atoms with E-state index in [0.717, 1.165) is 0 Å². The Kier molecular flexibility index (Phi) is 9.01. The Morgan fingerprint density at radius 1 is 0.978 bits per heavy atom. The number of anilines is 3. The highest BCUT2D eigenvalue weighted by molar-refractivity contribution is 5.98. The van der Waals surface area contributed by atoms with Gasteiger partial charge < -0.3 is 14.2 Å². The molecular weight excluding hydrogens is 586 g/mol. The van der Waals surface area contributed by atoms with Gasteiger partial charge in [0.2, 0.25) is 11.9 Å². The van der Waals surface area contributed by atoms with E-state index in [4.69, 9.17) is 19.0 Å². The smallest absolute Gasteiger partial charge is 0.425 e. The molecule has 15 heteroatoms. The summed E-state index contributed by atoms with van der Waals surface area (Å²) in [6, 6.07) is 16.7. The number of amides is 2. The summed E-state index contributed by atoms with van der Waals surface area (Å²) in [6.07, 6.45) is 0.172. The number of aromatic nitrogens is 4. The van der Waals surface area contributed by atoms with Crippen LogP contribution in [0.1, 0.15) is 27.2 Å². The number of rotatable bonds is 9. The zero-order valence-electron chi connectivity index (χ0n) is 25.0. The second-order valence-electron chi connectivity index (χ2n) is 9.81. The highest BCUT2D eigenvalue weighted by Crippen LogP contribution is 2.39. The third kappa shape index (κ3) is 6.16. The van der Waals surface area contributed by atoms with Crippen molar-refractivity contribution >= 4 is 52.4 Å². The fourth-order valence-electron chi connectivity index (χ4n) is 4.87. The Morgan fingerprint density at radius 2 is 1.60 bits per heavy atom. The van der Waals surface area contributed by atoms with Gasteiger partial charge in [0.15, 0.2) is 11.2 Å². The number of carbonyl (C=O) groups is 4. The second-order valence-corrected chi connectivity index (χ2v) is 9.81. The molecule has 2 aromatic carbocycles. The van der Waals surface area contributed by atoms with E-state index in [0.29, 0.717) is 11.4 Å². The standard InChI is InChI=1S/C30H31N7O8/c1-5-42-26(39)22-17-30(45-35(22)4,27(40)43-6-2)36-18-31-23-24(36)33-28(32-19(3)38)34-25(23)44-29(41)37(20-13-9-7-10-14-20)21-15-11-8-12-16-21/h7-16,18,22H,5-6,17H2,1-4H3,(H,32,33,34,38)/t22-,30-/m1/s1. The highest BCUT2D eigenvalue weighted by Gasteiger charge is 2.56. The first-order valence-corrected chi connectivity index (χ1v) is 14.1. The summed E-state index contributed by atoms with van der Waals surface area (Å²) in [5.74, 6) is -2.50. The minimum Gasteiger partial charge on any atom is -0.465 e. The summed E-state index contributed by atoms with van der Waals surface area (Å²) in [7, 11) is 1.48. The van der Waals surface area contributed by atoms with Crippen molar-refractivity contribution in [3.63, 3.8) is 0 Å². The van der Waals surface area contributed by atoms with Crippen molar-refractivity contribution in [2.24, 2.45) is 0 Å². The maximum Gasteiger partial charge on any atom is 0.425 e. The maximum absolute atomic E-state index is 13.8. The van der Waals surface area contributed by atoms with E-state index in [2.05, 4.69) is 20.3 Å². The minimum atomic E-state index is -1.96. The van der Waals surface area contributed by atoms with E-state index in [9.17, 15) is 19.2 Å². The largest absolute Gasteiger partial charge is 0.465 e. The zero-order chi connectivity index (χ0) is 32.1. The number of nitrogens with zero attached hydrogens (tertiary/aromatic N) is 6. The molecule has 0 radical (unpaired) electrons. The lowest BCUT2D eigenvalue weighted by atomic mass is 10.0. The van der Waals surface area contributed by atoms with Crippen LogP contribution in [0.3, 0.4) is 0 Å². The van der Waals surface area contributed by atoms with Crippen LogP contribution in [-0.4, -0.2) is 74.8 Å². The number of hydrogen-bond acceptors (Lipinski definition) is 12. The summed E-state index contributed by atoms with van der Waals surface area (Å²) in [5.41, 5.74) is -1.01.